The molecular formula is C16H34N2. The highest BCUT2D eigenvalue weighted by Crippen LogP contribution is 2.26. The van der Waals surface area contributed by atoms with Gasteiger partial charge in [-0.25, -0.2) is 0 Å². The minimum Gasteiger partial charge on any atom is -0.314 e. The molecule has 0 aromatic rings. The molecule has 0 saturated heterocycles. The molecule has 0 aromatic carbocycles. The number of nitrogens with one attached hydrogen (secondary N) is 1. The molecule has 0 radical (unpaired) electrons. The van der Waals surface area contributed by atoms with Gasteiger partial charge in [0.25, 0.3) is 0 Å². The van der Waals surface area contributed by atoms with Crippen LogP contribution in [0.4, 0.5) is 0 Å². The van der Waals surface area contributed by atoms with Crippen LogP contribution in [0.15, 0.2) is 0 Å². The van der Waals surface area contributed by atoms with Crippen molar-refractivity contribution in [2.45, 2.75) is 77.8 Å². The Bertz CT molecular complexity index is 197. The predicted molar refractivity (Wildman–Crippen MR) is 81.0 cm³/mol. The maximum Gasteiger partial charge on any atom is 0.00924 e. The molecule has 2 heteroatoms. The van der Waals surface area contributed by atoms with Crippen LogP contribution in [0.3, 0.4) is 0 Å². The first-order valence-corrected chi connectivity index (χ1v) is 8.07. The van der Waals surface area contributed by atoms with Crippen LogP contribution in [-0.4, -0.2) is 37.1 Å². The van der Waals surface area contributed by atoms with Crippen molar-refractivity contribution in [3.05, 3.63) is 0 Å². The number of hydrogen-bond acceptors (Lipinski definition) is 2. The van der Waals surface area contributed by atoms with Crippen LogP contribution in [0.25, 0.3) is 0 Å². The van der Waals surface area contributed by atoms with E-state index in [-0.39, 0.29) is 0 Å². The zero-order valence-electron chi connectivity index (χ0n) is 13.0. The quantitative estimate of drug-likeness (QED) is 0.711. The summed E-state index contributed by atoms with van der Waals surface area (Å²) in [6.45, 7) is 9.39. The van der Waals surface area contributed by atoms with Gasteiger partial charge in [0.05, 0.1) is 0 Å². The van der Waals surface area contributed by atoms with Gasteiger partial charge in [-0.3, -0.25) is 0 Å². The van der Waals surface area contributed by atoms with Crippen LogP contribution in [-0.2, 0) is 0 Å². The SMILES string of the molecule is CCCNC(C)CCCN(C)C1CCC(C)CC1. The maximum atomic E-state index is 3.57. The molecule has 1 saturated carbocycles. The maximum absolute atomic E-state index is 3.57. The van der Waals surface area contributed by atoms with E-state index in [4.69, 9.17) is 0 Å². The average Bonchev–Trinajstić information content (AvgIpc) is 2.37. The molecule has 0 spiro atoms. The van der Waals surface area contributed by atoms with Crippen molar-refractivity contribution in [1.29, 1.82) is 0 Å². The lowest BCUT2D eigenvalue weighted by molar-refractivity contribution is 0.166. The molecule has 1 aliphatic carbocycles. The first kappa shape index (κ1) is 16.0. The summed E-state index contributed by atoms with van der Waals surface area (Å²) in [6.07, 6.45) is 9.59. The molecule has 0 amide bonds. The molecule has 1 unspecified atom stereocenters. The van der Waals surface area contributed by atoms with E-state index in [2.05, 4.69) is 38.0 Å². The first-order chi connectivity index (χ1) is 8.63. The molecule has 18 heavy (non-hydrogen) atoms. The van der Waals surface area contributed by atoms with Crippen LogP contribution >= 0.6 is 0 Å². The molecule has 1 N–H and O–H groups in total. The van der Waals surface area contributed by atoms with Crippen molar-refractivity contribution >= 4 is 0 Å². The molecule has 0 aromatic heterocycles. The summed E-state index contributed by atoms with van der Waals surface area (Å²) in [4.78, 5) is 2.61. The van der Waals surface area contributed by atoms with Crippen molar-refractivity contribution in [2.75, 3.05) is 20.1 Å². The molecule has 0 heterocycles. The summed E-state index contributed by atoms with van der Waals surface area (Å²) in [6, 6.07) is 1.55. The van der Waals surface area contributed by atoms with E-state index >= 15 is 0 Å². The minimum atomic E-state index is 0.685. The normalized spacial score (nSPS) is 26.5. The van der Waals surface area contributed by atoms with Gasteiger partial charge in [0, 0.05) is 12.1 Å². The molecule has 1 fully saturated rings. The second-order valence-corrected chi connectivity index (χ2v) is 6.39. The van der Waals surface area contributed by atoms with Crippen molar-refractivity contribution in [2.24, 2.45) is 5.92 Å². The van der Waals surface area contributed by atoms with E-state index in [0.717, 1.165) is 18.5 Å². The predicted octanol–water partition coefficient (Wildman–Crippen LogP) is 3.67. The van der Waals surface area contributed by atoms with Crippen molar-refractivity contribution in [3.63, 3.8) is 0 Å². The largest absolute Gasteiger partial charge is 0.314 e. The standard InChI is InChI=1S/C16H34N2/c1-5-12-17-15(3)7-6-13-18(4)16-10-8-14(2)9-11-16/h14-17H,5-13H2,1-4H3. The fraction of sp³-hybridized carbons (Fsp3) is 1.00. The fourth-order valence-electron chi connectivity index (χ4n) is 3.01. The average molecular weight is 254 g/mol. The summed E-state index contributed by atoms with van der Waals surface area (Å²) >= 11 is 0. The minimum absolute atomic E-state index is 0.685. The number of rotatable bonds is 8. The van der Waals surface area contributed by atoms with Crippen LogP contribution in [0, 0.1) is 5.92 Å². The van der Waals surface area contributed by atoms with Crippen molar-refractivity contribution in [3.8, 4) is 0 Å². The summed E-state index contributed by atoms with van der Waals surface area (Å²) in [5, 5.41) is 3.57. The Labute approximate surface area is 115 Å². The molecule has 1 aliphatic rings. The number of nitrogens with zero attached hydrogens (tertiary/aromatic N) is 1. The smallest absolute Gasteiger partial charge is 0.00924 e. The van der Waals surface area contributed by atoms with Gasteiger partial charge in [0.2, 0.25) is 0 Å². The zero-order valence-corrected chi connectivity index (χ0v) is 13.0. The summed E-state index contributed by atoms with van der Waals surface area (Å²) in [5.74, 6) is 0.966. The van der Waals surface area contributed by atoms with E-state index in [1.807, 2.05) is 0 Å². The van der Waals surface area contributed by atoms with Gasteiger partial charge in [-0.1, -0.05) is 13.8 Å². The van der Waals surface area contributed by atoms with Gasteiger partial charge < -0.3 is 10.2 Å². The van der Waals surface area contributed by atoms with E-state index in [9.17, 15) is 0 Å². The third-order valence-corrected chi connectivity index (χ3v) is 4.50. The Balaban J connectivity index is 2.07. The Kier molecular flexibility index (Phi) is 7.92. The lowest BCUT2D eigenvalue weighted by atomic mass is 9.86. The van der Waals surface area contributed by atoms with Crippen molar-refractivity contribution < 1.29 is 0 Å². The Hall–Kier alpha value is -0.0800. The molecule has 0 bridgehead atoms. The Morgan fingerprint density at radius 1 is 1.22 bits per heavy atom. The Morgan fingerprint density at radius 2 is 1.89 bits per heavy atom. The molecule has 1 rings (SSSR count). The van der Waals surface area contributed by atoms with Gasteiger partial charge in [-0.15, -0.1) is 0 Å². The van der Waals surface area contributed by atoms with Crippen LogP contribution in [0.1, 0.15) is 65.7 Å². The van der Waals surface area contributed by atoms with E-state index < -0.39 is 0 Å². The molecule has 1 atom stereocenters. The topological polar surface area (TPSA) is 15.3 Å². The zero-order chi connectivity index (χ0) is 13.4. The molecule has 108 valence electrons. The third kappa shape index (κ3) is 6.19. The molecule has 2 nitrogen and oxygen atoms in total. The highest BCUT2D eigenvalue weighted by Gasteiger charge is 2.21. The lowest BCUT2D eigenvalue weighted by Gasteiger charge is -2.33. The van der Waals surface area contributed by atoms with Gasteiger partial charge in [0.1, 0.15) is 0 Å². The van der Waals surface area contributed by atoms with Gasteiger partial charge in [-0.05, 0) is 77.9 Å². The first-order valence-electron chi connectivity index (χ1n) is 8.07. The third-order valence-electron chi connectivity index (χ3n) is 4.50. The van der Waals surface area contributed by atoms with Gasteiger partial charge in [-0.2, -0.15) is 0 Å². The Morgan fingerprint density at radius 3 is 2.50 bits per heavy atom. The second kappa shape index (κ2) is 8.92. The lowest BCUT2D eigenvalue weighted by Crippen LogP contribution is -2.36. The van der Waals surface area contributed by atoms with Crippen molar-refractivity contribution in [1.82, 2.24) is 10.2 Å². The van der Waals surface area contributed by atoms with E-state index in [1.165, 1.54) is 51.5 Å². The van der Waals surface area contributed by atoms with E-state index in [0.29, 0.717) is 6.04 Å². The van der Waals surface area contributed by atoms with Gasteiger partial charge in [0.15, 0.2) is 0 Å². The molecular weight excluding hydrogens is 220 g/mol. The second-order valence-electron chi connectivity index (χ2n) is 6.39. The highest BCUT2D eigenvalue weighted by atomic mass is 15.1. The fourth-order valence-corrected chi connectivity index (χ4v) is 3.01. The van der Waals surface area contributed by atoms with Crippen LogP contribution in [0.2, 0.25) is 0 Å². The summed E-state index contributed by atoms with van der Waals surface area (Å²) in [5.41, 5.74) is 0. The van der Waals surface area contributed by atoms with E-state index in [1.54, 1.807) is 0 Å². The van der Waals surface area contributed by atoms with Crippen LogP contribution < -0.4 is 5.32 Å². The number of hydrogen-bond donors (Lipinski definition) is 1. The monoisotopic (exact) mass is 254 g/mol. The summed E-state index contributed by atoms with van der Waals surface area (Å²) < 4.78 is 0. The molecule has 0 aliphatic heterocycles. The van der Waals surface area contributed by atoms with Gasteiger partial charge >= 0.3 is 0 Å². The van der Waals surface area contributed by atoms with Crippen LogP contribution in [0.5, 0.6) is 0 Å². The summed E-state index contributed by atoms with van der Waals surface area (Å²) in [7, 11) is 2.32. The highest BCUT2D eigenvalue weighted by molar-refractivity contribution is 4.76.